The van der Waals surface area contributed by atoms with Gasteiger partial charge in [0.05, 0.1) is 6.10 Å². The standard InChI is InChI=1S/C14H19ClO2/c15-12-6-4-10(5-7-12)13-3-1-2-11(8-9-16)14(13)17/h4-7,11,13-14,16-17H,1-3,8-9H2/t11-,13+,14+/m1/s1. The third-order valence-electron chi connectivity index (χ3n) is 3.78. The third-order valence-corrected chi connectivity index (χ3v) is 4.04. The Kier molecular flexibility index (Phi) is 4.43. The normalized spacial score (nSPS) is 29.2. The predicted octanol–water partition coefficient (Wildman–Crippen LogP) is 2.97. The molecule has 0 unspecified atom stereocenters. The van der Waals surface area contributed by atoms with Crippen molar-refractivity contribution in [1.82, 2.24) is 0 Å². The van der Waals surface area contributed by atoms with E-state index >= 15 is 0 Å². The minimum atomic E-state index is -0.336. The lowest BCUT2D eigenvalue weighted by atomic mass is 9.74. The van der Waals surface area contributed by atoms with Gasteiger partial charge in [-0.2, -0.15) is 0 Å². The molecule has 94 valence electrons. The summed E-state index contributed by atoms with van der Waals surface area (Å²) in [7, 11) is 0. The lowest BCUT2D eigenvalue weighted by molar-refractivity contribution is 0.0361. The quantitative estimate of drug-likeness (QED) is 0.871. The molecule has 3 heteroatoms. The van der Waals surface area contributed by atoms with E-state index in [1.54, 1.807) is 0 Å². The van der Waals surface area contributed by atoms with Crippen LogP contribution in [0.3, 0.4) is 0 Å². The molecule has 1 aromatic carbocycles. The van der Waals surface area contributed by atoms with Gasteiger partial charge in [0.15, 0.2) is 0 Å². The summed E-state index contributed by atoms with van der Waals surface area (Å²) in [5.74, 6) is 0.423. The molecule has 2 rings (SSSR count). The Labute approximate surface area is 107 Å². The minimum absolute atomic E-state index is 0.162. The average Bonchev–Trinajstić information content (AvgIpc) is 2.34. The van der Waals surface area contributed by atoms with E-state index < -0.39 is 0 Å². The fraction of sp³-hybridized carbons (Fsp3) is 0.571. The van der Waals surface area contributed by atoms with E-state index in [9.17, 15) is 5.11 Å². The highest BCUT2D eigenvalue weighted by molar-refractivity contribution is 6.30. The Morgan fingerprint density at radius 1 is 1.18 bits per heavy atom. The molecule has 0 radical (unpaired) electrons. The molecule has 0 spiro atoms. The highest BCUT2D eigenvalue weighted by Crippen LogP contribution is 2.38. The number of rotatable bonds is 3. The molecule has 1 saturated carbocycles. The van der Waals surface area contributed by atoms with Gasteiger partial charge in [0.1, 0.15) is 0 Å². The molecular weight excluding hydrogens is 236 g/mol. The second-order valence-electron chi connectivity index (χ2n) is 4.85. The molecule has 17 heavy (non-hydrogen) atoms. The monoisotopic (exact) mass is 254 g/mol. The lowest BCUT2D eigenvalue weighted by Crippen LogP contribution is -2.32. The van der Waals surface area contributed by atoms with Gasteiger partial charge in [-0.1, -0.05) is 30.2 Å². The maximum Gasteiger partial charge on any atom is 0.0637 e. The summed E-state index contributed by atoms with van der Waals surface area (Å²) in [5, 5.41) is 20.1. The van der Waals surface area contributed by atoms with Crippen LogP contribution in [0, 0.1) is 5.92 Å². The summed E-state index contributed by atoms with van der Waals surface area (Å²) >= 11 is 5.87. The molecule has 0 heterocycles. The molecule has 0 saturated heterocycles. The van der Waals surface area contributed by atoms with Gasteiger partial charge in [0.25, 0.3) is 0 Å². The fourth-order valence-electron chi connectivity index (χ4n) is 2.82. The van der Waals surface area contributed by atoms with Crippen molar-refractivity contribution in [2.24, 2.45) is 5.92 Å². The highest BCUT2D eigenvalue weighted by atomic mass is 35.5. The first-order valence-corrected chi connectivity index (χ1v) is 6.64. The van der Waals surface area contributed by atoms with E-state index in [2.05, 4.69) is 0 Å². The number of hydrogen-bond donors (Lipinski definition) is 2. The molecule has 0 amide bonds. The van der Waals surface area contributed by atoms with E-state index in [4.69, 9.17) is 16.7 Å². The van der Waals surface area contributed by atoms with E-state index in [1.807, 2.05) is 24.3 Å². The topological polar surface area (TPSA) is 40.5 Å². The summed E-state index contributed by atoms with van der Waals surface area (Å²) < 4.78 is 0. The molecule has 1 aliphatic rings. The second-order valence-corrected chi connectivity index (χ2v) is 5.29. The third kappa shape index (κ3) is 3.01. The van der Waals surface area contributed by atoms with Crippen molar-refractivity contribution in [2.75, 3.05) is 6.61 Å². The number of halogens is 1. The summed E-state index contributed by atoms with van der Waals surface area (Å²) in [6, 6.07) is 7.74. The van der Waals surface area contributed by atoms with Crippen molar-refractivity contribution in [3.63, 3.8) is 0 Å². The zero-order valence-corrected chi connectivity index (χ0v) is 10.6. The number of aliphatic hydroxyl groups is 2. The molecular formula is C14H19ClO2. The van der Waals surface area contributed by atoms with Gasteiger partial charge in [0, 0.05) is 17.5 Å². The first-order valence-electron chi connectivity index (χ1n) is 6.26. The molecule has 3 atom stereocenters. The number of benzene rings is 1. The molecule has 1 fully saturated rings. The predicted molar refractivity (Wildman–Crippen MR) is 69.2 cm³/mol. The Bertz CT molecular complexity index is 348. The van der Waals surface area contributed by atoms with Crippen LogP contribution in [0.4, 0.5) is 0 Å². The molecule has 2 nitrogen and oxygen atoms in total. The van der Waals surface area contributed by atoms with Crippen molar-refractivity contribution in [1.29, 1.82) is 0 Å². The molecule has 2 N–H and O–H groups in total. The first kappa shape index (κ1) is 12.9. The van der Waals surface area contributed by atoms with E-state index in [0.29, 0.717) is 6.42 Å². The zero-order chi connectivity index (χ0) is 12.3. The summed E-state index contributed by atoms with van der Waals surface area (Å²) in [5.41, 5.74) is 1.16. The van der Waals surface area contributed by atoms with Gasteiger partial charge in [0.2, 0.25) is 0 Å². The van der Waals surface area contributed by atoms with Crippen molar-refractivity contribution in [3.8, 4) is 0 Å². The van der Waals surface area contributed by atoms with Crippen molar-refractivity contribution in [2.45, 2.75) is 37.7 Å². The summed E-state index contributed by atoms with van der Waals surface area (Å²) in [4.78, 5) is 0. The Morgan fingerprint density at radius 2 is 1.88 bits per heavy atom. The van der Waals surface area contributed by atoms with Crippen molar-refractivity contribution in [3.05, 3.63) is 34.9 Å². The number of hydrogen-bond acceptors (Lipinski definition) is 2. The molecule has 1 aromatic rings. The first-order chi connectivity index (χ1) is 8.22. The molecule has 0 aromatic heterocycles. The fourth-order valence-corrected chi connectivity index (χ4v) is 2.95. The van der Waals surface area contributed by atoms with Crippen LogP contribution in [-0.2, 0) is 0 Å². The van der Waals surface area contributed by atoms with Crippen LogP contribution >= 0.6 is 11.6 Å². The largest absolute Gasteiger partial charge is 0.396 e. The van der Waals surface area contributed by atoms with Gasteiger partial charge in [-0.25, -0.2) is 0 Å². The Hall–Kier alpha value is -0.570. The summed E-state index contributed by atoms with van der Waals surface area (Å²) in [6.07, 6.45) is 3.52. The molecule has 0 aliphatic heterocycles. The Morgan fingerprint density at radius 3 is 2.53 bits per heavy atom. The molecule has 1 aliphatic carbocycles. The van der Waals surface area contributed by atoms with Crippen LogP contribution in [0.2, 0.25) is 5.02 Å². The van der Waals surface area contributed by atoms with E-state index in [0.717, 1.165) is 29.8 Å². The van der Waals surface area contributed by atoms with Gasteiger partial charge < -0.3 is 10.2 Å². The van der Waals surface area contributed by atoms with Crippen molar-refractivity contribution >= 4 is 11.6 Å². The van der Waals surface area contributed by atoms with E-state index in [1.165, 1.54) is 0 Å². The summed E-state index contributed by atoms with van der Waals surface area (Å²) in [6.45, 7) is 0.162. The SMILES string of the molecule is OCC[C@H]1CCC[C@@H](c2ccc(Cl)cc2)[C@H]1O. The van der Waals surface area contributed by atoms with Crippen LogP contribution in [0.5, 0.6) is 0 Å². The van der Waals surface area contributed by atoms with Gasteiger partial charge >= 0.3 is 0 Å². The van der Waals surface area contributed by atoms with Crippen LogP contribution in [0.15, 0.2) is 24.3 Å². The zero-order valence-electron chi connectivity index (χ0n) is 9.85. The van der Waals surface area contributed by atoms with Crippen LogP contribution in [0.25, 0.3) is 0 Å². The van der Waals surface area contributed by atoms with Gasteiger partial charge in [-0.05, 0) is 42.9 Å². The van der Waals surface area contributed by atoms with Crippen LogP contribution < -0.4 is 0 Å². The average molecular weight is 255 g/mol. The molecule has 0 bridgehead atoms. The Balaban J connectivity index is 2.11. The lowest BCUT2D eigenvalue weighted by Gasteiger charge is -2.35. The van der Waals surface area contributed by atoms with Gasteiger partial charge in [-0.3, -0.25) is 0 Å². The highest BCUT2D eigenvalue weighted by Gasteiger charge is 2.32. The number of aliphatic hydroxyl groups excluding tert-OH is 2. The maximum absolute atomic E-state index is 10.3. The van der Waals surface area contributed by atoms with Gasteiger partial charge in [-0.15, -0.1) is 0 Å². The van der Waals surface area contributed by atoms with Crippen LogP contribution in [0.1, 0.15) is 37.2 Å². The maximum atomic E-state index is 10.3. The smallest absolute Gasteiger partial charge is 0.0637 e. The van der Waals surface area contributed by atoms with Crippen molar-refractivity contribution < 1.29 is 10.2 Å². The second kappa shape index (κ2) is 5.85. The van der Waals surface area contributed by atoms with E-state index in [-0.39, 0.29) is 24.5 Å². The van der Waals surface area contributed by atoms with Crippen LogP contribution in [-0.4, -0.2) is 22.9 Å². The minimum Gasteiger partial charge on any atom is -0.396 e.